The van der Waals surface area contributed by atoms with E-state index in [2.05, 4.69) is 9.97 Å². The molecule has 0 aliphatic heterocycles. The fraction of sp³-hybridized carbons (Fsp3) is 0.556. The smallest absolute Gasteiger partial charge is 0.131 e. The number of hydrogen-bond donors (Lipinski definition) is 1. The highest BCUT2D eigenvalue weighted by atomic mass is 35.5. The number of nitrogens with zero attached hydrogens (tertiary/aromatic N) is 2. The Morgan fingerprint density at radius 3 is 2.21 bits per heavy atom. The van der Waals surface area contributed by atoms with E-state index in [0.717, 1.165) is 17.8 Å². The molecule has 1 aliphatic rings. The second-order valence-electron chi connectivity index (χ2n) is 3.26. The summed E-state index contributed by atoms with van der Waals surface area (Å²) in [7, 11) is 0. The Morgan fingerprint density at radius 2 is 1.79 bits per heavy atom. The Balaban J connectivity index is 0.000000845. The van der Waals surface area contributed by atoms with E-state index < -0.39 is 0 Å². The summed E-state index contributed by atoms with van der Waals surface area (Å²) in [5.74, 6) is 1.66. The maximum Gasteiger partial charge on any atom is 0.131 e. The molecule has 1 heterocycles. The fourth-order valence-electron chi connectivity index (χ4n) is 1.21. The van der Waals surface area contributed by atoms with Gasteiger partial charge in [-0.2, -0.15) is 0 Å². The van der Waals surface area contributed by atoms with Crippen LogP contribution in [0.15, 0.2) is 12.4 Å². The molecular weight excluding hydrogens is 221 g/mol. The first-order valence-electron chi connectivity index (χ1n) is 4.41. The number of nitrogens with two attached hydrogens (primary N) is 1. The van der Waals surface area contributed by atoms with Gasteiger partial charge in [0.25, 0.3) is 0 Å². The van der Waals surface area contributed by atoms with Crippen molar-refractivity contribution in [2.45, 2.75) is 25.2 Å². The molecule has 80 valence electrons. The molecule has 0 radical (unpaired) electrons. The van der Waals surface area contributed by atoms with Crippen LogP contribution in [-0.2, 0) is 6.42 Å². The number of halogens is 2. The molecule has 0 saturated heterocycles. The first-order valence-corrected chi connectivity index (χ1v) is 4.41. The SMILES string of the molecule is Cl.Cl.NCCc1cnc(C2CC2)nc1. The molecule has 0 amide bonds. The van der Waals surface area contributed by atoms with Gasteiger partial charge in [-0.3, -0.25) is 0 Å². The summed E-state index contributed by atoms with van der Waals surface area (Å²) in [6, 6.07) is 0. The molecule has 1 aromatic rings. The molecule has 1 fully saturated rings. The minimum Gasteiger partial charge on any atom is -0.330 e. The van der Waals surface area contributed by atoms with Gasteiger partial charge >= 0.3 is 0 Å². The topological polar surface area (TPSA) is 51.8 Å². The van der Waals surface area contributed by atoms with Crippen molar-refractivity contribution in [3.05, 3.63) is 23.8 Å². The van der Waals surface area contributed by atoms with Crippen molar-refractivity contribution in [2.75, 3.05) is 6.54 Å². The van der Waals surface area contributed by atoms with Crippen molar-refractivity contribution in [3.63, 3.8) is 0 Å². The molecule has 0 unspecified atom stereocenters. The summed E-state index contributed by atoms with van der Waals surface area (Å²) in [6.45, 7) is 0.673. The monoisotopic (exact) mass is 235 g/mol. The Morgan fingerprint density at radius 1 is 1.21 bits per heavy atom. The van der Waals surface area contributed by atoms with E-state index in [9.17, 15) is 0 Å². The van der Waals surface area contributed by atoms with E-state index in [4.69, 9.17) is 5.73 Å². The minimum absolute atomic E-state index is 0. The highest BCUT2D eigenvalue weighted by Gasteiger charge is 2.25. The van der Waals surface area contributed by atoms with E-state index in [1.807, 2.05) is 12.4 Å². The highest BCUT2D eigenvalue weighted by molar-refractivity contribution is 5.85. The molecule has 0 atom stereocenters. The Hall–Kier alpha value is -0.380. The molecule has 1 aromatic heterocycles. The zero-order chi connectivity index (χ0) is 8.39. The minimum atomic E-state index is 0. The van der Waals surface area contributed by atoms with Gasteiger partial charge in [0, 0.05) is 18.3 Å². The molecule has 0 bridgehead atoms. The zero-order valence-corrected chi connectivity index (χ0v) is 9.48. The van der Waals surface area contributed by atoms with Crippen LogP contribution >= 0.6 is 24.8 Å². The van der Waals surface area contributed by atoms with Gasteiger partial charge in [0.1, 0.15) is 5.82 Å². The first-order chi connectivity index (χ1) is 5.90. The van der Waals surface area contributed by atoms with Crippen LogP contribution in [0.3, 0.4) is 0 Å². The van der Waals surface area contributed by atoms with Gasteiger partial charge in [0.15, 0.2) is 0 Å². The lowest BCUT2D eigenvalue weighted by atomic mass is 10.2. The zero-order valence-electron chi connectivity index (χ0n) is 7.85. The van der Waals surface area contributed by atoms with E-state index in [1.165, 1.54) is 12.8 Å². The van der Waals surface area contributed by atoms with Crippen LogP contribution in [0, 0.1) is 0 Å². The third kappa shape index (κ3) is 3.40. The van der Waals surface area contributed by atoms with Gasteiger partial charge in [-0.15, -0.1) is 24.8 Å². The average Bonchev–Trinajstić information content (AvgIpc) is 2.89. The third-order valence-corrected chi connectivity index (χ3v) is 2.10. The van der Waals surface area contributed by atoms with Gasteiger partial charge in [-0.25, -0.2) is 9.97 Å². The Kier molecular flexibility index (Phi) is 6.00. The lowest BCUT2D eigenvalue weighted by Gasteiger charge is -1.98. The van der Waals surface area contributed by atoms with Crippen LogP contribution in [0.2, 0.25) is 0 Å². The maximum absolute atomic E-state index is 5.42. The molecule has 14 heavy (non-hydrogen) atoms. The van der Waals surface area contributed by atoms with Crippen molar-refractivity contribution in [2.24, 2.45) is 5.73 Å². The first kappa shape index (κ1) is 13.6. The summed E-state index contributed by atoms with van der Waals surface area (Å²) in [5, 5.41) is 0. The van der Waals surface area contributed by atoms with Crippen LogP contribution in [0.25, 0.3) is 0 Å². The second-order valence-corrected chi connectivity index (χ2v) is 3.26. The van der Waals surface area contributed by atoms with E-state index in [-0.39, 0.29) is 24.8 Å². The molecule has 1 saturated carbocycles. The lowest BCUT2D eigenvalue weighted by Crippen LogP contribution is -2.04. The van der Waals surface area contributed by atoms with Gasteiger partial charge in [0.2, 0.25) is 0 Å². The molecule has 0 spiro atoms. The summed E-state index contributed by atoms with van der Waals surface area (Å²) in [6.07, 6.45) is 7.19. The molecule has 2 rings (SSSR count). The third-order valence-electron chi connectivity index (χ3n) is 2.10. The summed E-state index contributed by atoms with van der Waals surface area (Å²) in [5.41, 5.74) is 6.56. The molecule has 2 N–H and O–H groups in total. The van der Waals surface area contributed by atoms with Gasteiger partial charge in [-0.05, 0) is 31.4 Å². The van der Waals surface area contributed by atoms with Gasteiger partial charge in [-0.1, -0.05) is 0 Å². The van der Waals surface area contributed by atoms with Gasteiger partial charge < -0.3 is 5.73 Å². The average molecular weight is 236 g/mol. The van der Waals surface area contributed by atoms with Gasteiger partial charge in [0.05, 0.1) is 0 Å². The molecule has 0 aromatic carbocycles. The van der Waals surface area contributed by atoms with Crippen molar-refractivity contribution >= 4 is 24.8 Å². The fourth-order valence-corrected chi connectivity index (χ4v) is 1.21. The Bertz CT molecular complexity index is 259. The summed E-state index contributed by atoms with van der Waals surface area (Å²) >= 11 is 0. The van der Waals surface area contributed by atoms with Crippen LogP contribution < -0.4 is 5.73 Å². The van der Waals surface area contributed by atoms with Crippen molar-refractivity contribution in [1.29, 1.82) is 0 Å². The van der Waals surface area contributed by atoms with Crippen LogP contribution in [0.5, 0.6) is 0 Å². The summed E-state index contributed by atoms with van der Waals surface area (Å²) < 4.78 is 0. The predicted octanol–water partition coefficient (Wildman–Crippen LogP) is 1.70. The quantitative estimate of drug-likeness (QED) is 0.868. The van der Waals surface area contributed by atoms with Crippen LogP contribution in [-0.4, -0.2) is 16.5 Å². The number of rotatable bonds is 3. The molecular formula is C9H15Cl2N3. The number of aromatic nitrogens is 2. The van der Waals surface area contributed by atoms with E-state index >= 15 is 0 Å². The molecule has 1 aliphatic carbocycles. The van der Waals surface area contributed by atoms with Crippen molar-refractivity contribution in [3.8, 4) is 0 Å². The standard InChI is InChI=1S/C9H13N3.2ClH/c10-4-3-7-5-11-9(12-6-7)8-1-2-8;;/h5-6,8H,1-4,10H2;2*1H. The highest BCUT2D eigenvalue weighted by Crippen LogP contribution is 2.37. The Labute approximate surface area is 96.3 Å². The van der Waals surface area contributed by atoms with Crippen LogP contribution in [0.1, 0.15) is 30.1 Å². The largest absolute Gasteiger partial charge is 0.330 e. The normalized spacial score (nSPS) is 14.1. The second kappa shape index (κ2) is 6.17. The van der Waals surface area contributed by atoms with E-state index in [1.54, 1.807) is 0 Å². The van der Waals surface area contributed by atoms with Crippen LogP contribution in [0.4, 0.5) is 0 Å². The molecule has 3 nitrogen and oxygen atoms in total. The van der Waals surface area contributed by atoms with Crippen molar-refractivity contribution in [1.82, 2.24) is 9.97 Å². The summed E-state index contributed by atoms with van der Waals surface area (Å²) in [4.78, 5) is 8.59. The maximum atomic E-state index is 5.42. The van der Waals surface area contributed by atoms with E-state index in [0.29, 0.717) is 12.5 Å². The van der Waals surface area contributed by atoms with Crippen molar-refractivity contribution < 1.29 is 0 Å². The number of hydrogen-bond acceptors (Lipinski definition) is 3. The predicted molar refractivity (Wildman–Crippen MR) is 61.3 cm³/mol. The lowest BCUT2D eigenvalue weighted by molar-refractivity contribution is 0.881. The molecule has 5 heteroatoms.